The van der Waals surface area contributed by atoms with Gasteiger partial charge < -0.3 is 4.74 Å². The van der Waals surface area contributed by atoms with E-state index < -0.39 is 0 Å². The molecule has 23 heavy (non-hydrogen) atoms. The number of Topliss-reactive ketones (excluding diaryl/α,β-unsaturated/α-hetero) is 1. The van der Waals surface area contributed by atoms with Crippen LogP contribution in [0, 0.1) is 11.3 Å². The van der Waals surface area contributed by atoms with Crippen LogP contribution in [-0.2, 0) is 20.7 Å². The molecule has 1 heterocycles. The van der Waals surface area contributed by atoms with Crippen LogP contribution in [0.1, 0.15) is 56.9 Å². The first-order valence-electron chi connectivity index (χ1n) is 8.93. The molecule has 1 spiro atoms. The van der Waals surface area contributed by atoms with Crippen molar-refractivity contribution in [1.29, 1.82) is 0 Å². The second-order valence-corrected chi connectivity index (χ2v) is 7.09. The predicted octanol–water partition coefficient (Wildman–Crippen LogP) is 4.09. The number of ketones is 1. The normalized spacial score (nSPS) is 25.3. The summed E-state index contributed by atoms with van der Waals surface area (Å²) in [7, 11) is 0. The molecule has 3 rings (SSSR count). The molecule has 124 valence electrons. The van der Waals surface area contributed by atoms with Crippen LogP contribution in [0.25, 0.3) is 0 Å². The van der Waals surface area contributed by atoms with Crippen LogP contribution in [0.15, 0.2) is 30.3 Å². The molecule has 3 nitrogen and oxygen atoms in total. The highest BCUT2D eigenvalue weighted by Crippen LogP contribution is 2.46. The third-order valence-corrected chi connectivity index (χ3v) is 5.59. The highest BCUT2D eigenvalue weighted by Gasteiger charge is 2.50. The van der Waals surface area contributed by atoms with Crippen LogP contribution >= 0.6 is 0 Å². The molecular weight excluding hydrogens is 288 g/mol. The first-order valence-corrected chi connectivity index (χ1v) is 8.93. The van der Waals surface area contributed by atoms with Crippen molar-refractivity contribution in [3.05, 3.63) is 35.9 Å². The quantitative estimate of drug-likeness (QED) is 0.772. The zero-order valence-corrected chi connectivity index (χ0v) is 13.8. The third kappa shape index (κ3) is 3.65. The standard InChI is InChI=1S/C20H26O3/c21-18-10-4-6-12-20(13-7-5-11-18)17(15-23-19(20)22)14-16-8-2-1-3-9-16/h1-3,8-9,17H,4-7,10-15H2. The molecule has 1 saturated carbocycles. The second-order valence-electron chi connectivity index (χ2n) is 7.09. The Kier molecular flexibility index (Phi) is 5.14. The maximum Gasteiger partial charge on any atom is 0.312 e. The summed E-state index contributed by atoms with van der Waals surface area (Å²) in [6, 6.07) is 10.4. The molecule has 2 aliphatic rings. The number of benzene rings is 1. The van der Waals surface area contributed by atoms with Crippen molar-refractivity contribution in [1.82, 2.24) is 0 Å². The Bertz CT molecular complexity index is 535. The van der Waals surface area contributed by atoms with E-state index in [4.69, 9.17) is 4.74 Å². The summed E-state index contributed by atoms with van der Waals surface area (Å²) in [5.41, 5.74) is 0.957. The van der Waals surface area contributed by atoms with E-state index >= 15 is 0 Å². The Balaban J connectivity index is 1.76. The van der Waals surface area contributed by atoms with E-state index in [2.05, 4.69) is 24.3 Å². The number of hydrogen-bond donors (Lipinski definition) is 0. The zero-order valence-electron chi connectivity index (χ0n) is 13.8. The van der Waals surface area contributed by atoms with Crippen molar-refractivity contribution in [2.45, 2.75) is 57.8 Å². The number of rotatable bonds is 2. The number of carbonyl (C=O) groups excluding carboxylic acids is 2. The van der Waals surface area contributed by atoms with Crippen LogP contribution in [-0.4, -0.2) is 18.4 Å². The minimum Gasteiger partial charge on any atom is -0.465 e. The van der Waals surface area contributed by atoms with Crippen molar-refractivity contribution in [2.24, 2.45) is 11.3 Å². The lowest BCUT2D eigenvalue weighted by molar-refractivity contribution is -0.147. The van der Waals surface area contributed by atoms with Gasteiger partial charge in [-0.1, -0.05) is 43.2 Å². The predicted molar refractivity (Wildman–Crippen MR) is 89.0 cm³/mol. The van der Waals surface area contributed by atoms with Gasteiger partial charge >= 0.3 is 5.97 Å². The molecule has 0 aromatic heterocycles. The smallest absolute Gasteiger partial charge is 0.312 e. The molecule has 1 atom stereocenters. The topological polar surface area (TPSA) is 43.4 Å². The fourth-order valence-corrected chi connectivity index (χ4v) is 4.19. The van der Waals surface area contributed by atoms with E-state index in [1.54, 1.807) is 0 Å². The summed E-state index contributed by atoms with van der Waals surface area (Å²) in [6.45, 7) is 0.548. The molecule has 1 aromatic carbocycles. The molecule has 0 N–H and O–H groups in total. The van der Waals surface area contributed by atoms with Crippen LogP contribution in [0.5, 0.6) is 0 Å². The highest BCUT2D eigenvalue weighted by atomic mass is 16.5. The summed E-state index contributed by atoms with van der Waals surface area (Å²) in [6.07, 6.45) is 7.72. The van der Waals surface area contributed by atoms with E-state index in [9.17, 15) is 9.59 Å². The molecule has 0 radical (unpaired) electrons. The maximum absolute atomic E-state index is 12.6. The molecular formula is C20H26O3. The molecule has 1 saturated heterocycles. The Morgan fingerprint density at radius 1 is 0.957 bits per heavy atom. The summed E-state index contributed by atoms with van der Waals surface area (Å²) in [5.74, 6) is 0.661. The molecule has 1 aliphatic carbocycles. The van der Waals surface area contributed by atoms with Gasteiger partial charge in [0.1, 0.15) is 5.78 Å². The minimum atomic E-state index is -0.323. The van der Waals surface area contributed by atoms with E-state index in [0.29, 0.717) is 25.2 Å². The van der Waals surface area contributed by atoms with Gasteiger partial charge in [-0.15, -0.1) is 0 Å². The zero-order chi connectivity index (χ0) is 16.1. The Labute approximate surface area is 138 Å². The van der Waals surface area contributed by atoms with Crippen LogP contribution in [0.2, 0.25) is 0 Å². The summed E-state index contributed by atoms with van der Waals surface area (Å²) in [4.78, 5) is 24.3. The average Bonchev–Trinajstić information content (AvgIpc) is 2.86. The Morgan fingerprint density at radius 3 is 2.26 bits per heavy atom. The minimum absolute atomic E-state index is 0.00494. The van der Waals surface area contributed by atoms with Gasteiger partial charge in [0.2, 0.25) is 0 Å². The molecule has 1 aromatic rings. The van der Waals surface area contributed by atoms with E-state index in [-0.39, 0.29) is 17.3 Å². The molecule has 0 amide bonds. The van der Waals surface area contributed by atoms with Crippen molar-refractivity contribution >= 4 is 11.8 Å². The fraction of sp³-hybridized carbons (Fsp3) is 0.600. The number of hydrogen-bond acceptors (Lipinski definition) is 3. The van der Waals surface area contributed by atoms with E-state index in [1.807, 2.05) is 6.07 Å². The molecule has 1 unspecified atom stereocenters. The summed E-state index contributed by atoms with van der Waals surface area (Å²) >= 11 is 0. The highest BCUT2D eigenvalue weighted by molar-refractivity contribution is 5.80. The van der Waals surface area contributed by atoms with Gasteiger partial charge in [-0.25, -0.2) is 0 Å². The van der Waals surface area contributed by atoms with Gasteiger partial charge in [-0.2, -0.15) is 0 Å². The van der Waals surface area contributed by atoms with Gasteiger partial charge in [0.05, 0.1) is 12.0 Å². The number of cyclic esters (lactones) is 1. The van der Waals surface area contributed by atoms with Crippen molar-refractivity contribution in [3.8, 4) is 0 Å². The van der Waals surface area contributed by atoms with Crippen molar-refractivity contribution in [3.63, 3.8) is 0 Å². The van der Waals surface area contributed by atoms with E-state index in [0.717, 1.165) is 44.9 Å². The monoisotopic (exact) mass is 314 g/mol. The Morgan fingerprint density at radius 2 is 1.61 bits per heavy atom. The maximum atomic E-state index is 12.6. The first-order chi connectivity index (χ1) is 11.2. The van der Waals surface area contributed by atoms with Crippen LogP contribution < -0.4 is 0 Å². The first kappa shape index (κ1) is 16.2. The summed E-state index contributed by atoms with van der Waals surface area (Å²) < 4.78 is 5.51. The lowest BCUT2D eigenvalue weighted by Crippen LogP contribution is -2.35. The largest absolute Gasteiger partial charge is 0.465 e. The van der Waals surface area contributed by atoms with Gasteiger partial charge in [-0.3, -0.25) is 9.59 Å². The van der Waals surface area contributed by atoms with Crippen LogP contribution in [0.3, 0.4) is 0 Å². The molecule has 0 bridgehead atoms. The van der Waals surface area contributed by atoms with Crippen molar-refractivity contribution in [2.75, 3.05) is 6.61 Å². The van der Waals surface area contributed by atoms with Crippen molar-refractivity contribution < 1.29 is 14.3 Å². The number of carbonyl (C=O) groups is 2. The summed E-state index contributed by atoms with van der Waals surface area (Å²) in [5, 5.41) is 0. The van der Waals surface area contributed by atoms with Gasteiger partial charge in [0, 0.05) is 18.8 Å². The number of esters is 1. The second kappa shape index (κ2) is 7.29. The third-order valence-electron chi connectivity index (χ3n) is 5.59. The average molecular weight is 314 g/mol. The van der Waals surface area contributed by atoms with Crippen LogP contribution in [0.4, 0.5) is 0 Å². The molecule has 2 fully saturated rings. The fourth-order valence-electron chi connectivity index (χ4n) is 4.19. The molecule has 1 aliphatic heterocycles. The Hall–Kier alpha value is -1.64. The van der Waals surface area contributed by atoms with Gasteiger partial charge in [0.15, 0.2) is 0 Å². The van der Waals surface area contributed by atoms with Gasteiger partial charge in [-0.05, 0) is 37.7 Å². The van der Waals surface area contributed by atoms with Gasteiger partial charge in [0.25, 0.3) is 0 Å². The number of ether oxygens (including phenoxy) is 1. The lowest BCUT2D eigenvalue weighted by atomic mass is 9.68. The SMILES string of the molecule is O=C1CCCCC2(CCCC1)C(=O)OCC2Cc1ccccc1. The van der Waals surface area contributed by atoms with E-state index in [1.165, 1.54) is 5.56 Å². The lowest BCUT2D eigenvalue weighted by Gasteiger charge is -2.32. The molecule has 3 heteroatoms.